The molecule has 3 aliphatic carbocycles. The number of nitrogens with one attached hydrogen (secondary N) is 1. The summed E-state index contributed by atoms with van der Waals surface area (Å²) in [7, 11) is 1.94. The van der Waals surface area contributed by atoms with E-state index < -0.39 is 0 Å². The van der Waals surface area contributed by atoms with Crippen molar-refractivity contribution in [2.45, 2.75) is 43.9 Å². The van der Waals surface area contributed by atoms with Crippen LogP contribution in [0.3, 0.4) is 0 Å². The molecule has 6 rings (SSSR count). The van der Waals surface area contributed by atoms with Crippen molar-refractivity contribution in [2.75, 3.05) is 0 Å². The van der Waals surface area contributed by atoms with E-state index in [2.05, 4.69) is 26.0 Å². The summed E-state index contributed by atoms with van der Waals surface area (Å²) in [5, 5.41) is 3.27. The Kier molecular flexibility index (Phi) is 3.97. The molecule has 3 aromatic rings. The van der Waals surface area contributed by atoms with Gasteiger partial charge in [0.25, 0.3) is 0 Å². The summed E-state index contributed by atoms with van der Waals surface area (Å²) in [6.45, 7) is 7.49. The molecular weight excluding hydrogens is 348 g/mol. The van der Waals surface area contributed by atoms with E-state index in [0.29, 0.717) is 11.5 Å². The molecule has 28 heavy (non-hydrogen) atoms. The van der Waals surface area contributed by atoms with Gasteiger partial charge in [-0.1, -0.05) is 0 Å². The maximum atomic E-state index is 7.49. The largest absolute Gasteiger partial charge is 0.238 e. The highest BCUT2D eigenvalue weighted by Gasteiger charge is 2.43. The van der Waals surface area contributed by atoms with Crippen LogP contribution < -0.4 is 4.68 Å². The summed E-state index contributed by atoms with van der Waals surface area (Å²) < 4.78 is 1.89. The van der Waals surface area contributed by atoms with Gasteiger partial charge in [0.05, 0.1) is 6.57 Å². The second-order valence-corrected chi connectivity index (χ2v) is 8.23. The number of hydrogen-bond acceptors (Lipinski definition) is 3. The van der Waals surface area contributed by atoms with Crippen LogP contribution in [0.2, 0.25) is 0 Å². The Hall–Kier alpha value is -3.07. The molecule has 1 aromatic carbocycles. The maximum absolute atomic E-state index is 7.49. The molecule has 0 spiro atoms. The predicted molar refractivity (Wildman–Crippen MR) is 105 cm³/mol. The minimum atomic E-state index is 0.125. The lowest BCUT2D eigenvalue weighted by molar-refractivity contribution is -0.726. The highest BCUT2D eigenvalue weighted by Crippen LogP contribution is 2.50. The Labute approximate surface area is 164 Å². The smallest absolute Gasteiger partial charge is 0.195 e. The fourth-order valence-corrected chi connectivity index (χ4v) is 4.85. The molecule has 0 aliphatic heterocycles. The number of benzene rings is 1. The van der Waals surface area contributed by atoms with Crippen LogP contribution in [0.25, 0.3) is 27.5 Å². The van der Waals surface area contributed by atoms with Crippen molar-refractivity contribution < 1.29 is 4.68 Å². The van der Waals surface area contributed by atoms with E-state index in [1.54, 1.807) is 6.33 Å². The van der Waals surface area contributed by atoms with Gasteiger partial charge in [0, 0.05) is 17.0 Å². The molecule has 0 radical (unpaired) electrons. The Morgan fingerprint density at radius 3 is 2.54 bits per heavy atom. The van der Waals surface area contributed by atoms with E-state index in [0.717, 1.165) is 28.6 Å². The first-order valence-electron chi connectivity index (χ1n) is 9.93. The normalized spacial score (nSPS) is 23.5. The number of aryl methyl sites for hydroxylation is 1. The molecule has 0 amide bonds. The Morgan fingerprint density at radius 2 is 1.86 bits per heavy atom. The molecule has 2 heterocycles. The van der Waals surface area contributed by atoms with Crippen LogP contribution in [0.4, 0.5) is 5.69 Å². The number of nitrogens with zero attached hydrogens (tertiary/aromatic N) is 5. The third kappa shape index (κ3) is 2.88. The Morgan fingerprint density at radius 1 is 1.11 bits per heavy atom. The summed E-state index contributed by atoms with van der Waals surface area (Å²) in [5.74, 6) is 2.51. The average molecular weight is 371 g/mol. The van der Waals surface area contributed by atoms with E-state index in [4.69, 9.17) is 11.6 Å². The van der Waals surface area contributed by atoms with Crippen LogP contribution in [-0.4, -0.2) is 20.1 Å². The lowest BCUT2D eigenvalue weighted by Crippen LogP contribution is -2.39. The van der Waals surface area contributed by atoms with Gasteiger partial charge in [-0.05, 0) is 68.2 Å². The number of aromatic amines is 1. The van der Waals surface area contributed by atoms with Gasteiger partial charge in [0.2, 0.25) is 0 Å². The van der Waals surface area contributed by atoms with Crippen LogP contribution >= 0.6 is 0 Å². The molecule has 0 saturated heterocycles. The van der Waals surface area contributed by atoms with Crippen LogP contribution in [0.15, 0.2) is 36.8 Å². The molecule has 140 valence electrons. The second kappa shape index (κ2) is 6.52. The third-order valence-corrected chi connectivity index (χ3v) is 6.52. The zero-order valence-corrected chi connectivity index (χ0v) is 16.0. The molecule has 6 heteroatoms. The fourth-order valence-electron chi connectivity index (χ4n) is 4.85. The molecule has 3 fully saturated rings. The summed E-state index contributed by atoms with van der Waals surface area (Å²) >= 11 is 0. The maximum Gasteiger partial charge on any atom is 0.195 e. The van der Waals surface area contributed by atoms with Gasteiger partial charge >= 0.3 is 0 Å². The molecular formula is C22H23N6+. The Bertz CT molecular complexity index is 1050. The minimum Gasteiger partial charge on any atom is -0.238 e. The van der Waals surface area contributed by atoms with E-state index in [9.17, 15) is 0 Å². The average Bonchev–Trinajstić information content (AvgIpc) is 3.21. The summed E-state index contributed by atoms with van der Waals surface area (Å²) in [6.07, 6.45) is 11.0. The predicted octanol–water partition coefficient (Wildman–Crippen LogP) is 4.13. The molecule has 3 saturated carbocycles. The van der Waals surface area contributed by atoms with Crippen LogP contribution in [0.5, 0.6) is 0 Å². The van der Waals surface area contributed by atoms with Gasteiger partial charge in [-0.25, -0.2) is 19.8 Å². The topological polar surface area (TPSA) is 62.7 Å². The highest BCUT2D eigenvalue weighted by atomic mass is 15.2. The summed E-state index contributed by atoms with van der Waals surface area (Å²) in [4.78, 5) is 17.6. The molecule has 3 aliphatic rings. The number of fused-ring (bicyclic) bond motifs is 3. The van der Waals surface area contributed by atoms with Crippen molar-refractivity contribution >= 4 is 5.69 Å². The first-order valence-corrected chi connectivity index (χ1v) is 9.93. The van der Waals surface area contributed by atoms with Gasteiger partial charge < -0.3 is 0 Å². The standard InChI is InChI=1S/C22H22N6/c1-23-18-12-16(19-6-10-28(2)27-19)11-17(13-18)20-24-14-25-21(26-20)22-7-3-15(4-8-22)5-9-22/h6,10-15H,3-5,7-9H2,2H3/p+1. The molecule has 1 N–H and O–H groups in total. The van der Waals surface area contributed by atoms with Gasteiger partial charge in [-0.15, -0.1) is 4.68 Å². The molecule has 6 nitrogen and oxygen atoms in total. The van der Waals surface area contributed by atoms with Crippen LogP contribution in [0, 0.1) is 12.5 Å². The first kappa shape index (κ1) is 17.1. The fraction of sp³-hybridized carbons (Fsp3) is 0.409. The zero-order chi connectivity index (χ0) is 19.1. The van der Waals surface area contributed by atoms with Gasteiger partial charge in [-0.3, -0.25) is 0 Å². The molecule has 2 aromatic heterocycles. The number of H-pyrrole nitrogens is 1. The molecule has 2 bridgehead atoms. The van der Waals surface area contributed by atoms with Gasteiger partial charge in [0.15, 0.2) is 24.8 Å². The highest BCUT2D eigenvalue weighted by molar-refractivity contribution is 5.74. The lowest BCUT2D eigenvalue weighted by atomic mass is 9.60. The van der Waals surface area contributed by atoms with Crippen molar-refractivity contribution in [1.82, 2.24) is 20.1 Å². The third-order valence-electron chi connectivity index (χ3n) is 6.52. The zero-order valence-electron chi connectivity index (χ0n) is 16.0. The van der Waals surface area contributed by atoms with Gasteiger partial charge in [-0.2, -0.15) is 5.10 Å². The monoisotopic (exact) mass is 371 g/mol. The Balaban J connectivity index is 1.57. The number of hydrogen-bond donors (Lipinski definition) is 1. The van der Waals surface area contributed by atoms with Crippen molar-refractivity contribution in [3.8, 4) is 22.6 Å². The SMILES string of the molecule is [C-]#[N+]c1cc(-c2ncnc(C34CCC(CC3)CC4)n2)cc(-c2cc[n+](C)[nH]2)c1. The minimum absolute atomic E-state index is 0.125. The van der Waals surface area contributed by atoms with Crippen molar-refractivity contribution in [1.29, 1.82) is 0 Å². The van der Waals surface area contributed by atoms with Crippen LogP contribution in [-0.2, 0) is 12.5 Å². The van der Waals surface area contributed by atoms with Crippen molar-refractivity contribution in [3.63, 3.8) is 0 Å². The molecule has 0 atom stereocenters. The number of rotatable bonds is 3. The molecule has 0 unspecified atom stereocenters. The summed E-state index contributed by atoms with van der Waals surface area (Å²) in [5.41, 5.74) is 3.50. The second-order valence-electron chi connectivity index (χ2n) is 8.23. The lowest BCUT2D eigenvalue weighted by Gasteiger charge is -2.45. The van der Waals surface area contributed by atoms with Crippen LogP contribution in [0.1, 0.15) is 44.3 Å². The quantitative estimate of drug-likeness (QED) is 0.556. The van der Waals surface area contributed by atoms with E-state index in [-0.39, 0.29) is 5.41 Å². The first-order chi connectivity index (χ1) is 13.6. The van der Waals surface area contributed by atoms with Gasteiger partial charge in [0.1, 0.15) is 17.8 Å². The van der Waals surface area contributed by atoms with Crippen molar-refractivity contribution in [2.24, 2.45) is 13.0 Å². The number of aromatic nitrogens is 5. The van der Waals surface area contributed by atoms with Crippen molar-refractivity contribution in [3.05, 3.63) is 54.0 Å². The summed E-state index contributed by atoms with van der Waals surface area (Å²) in [6, 6.07) is 7.82. The van der Waals surface area contributed by atoms with E-state index in [1.807, 2.05) is 36.1 Å². The van der Waals surface area contributed by atoms with E-state index >= 15 is 0 Å². The van der Waals surface area contributed by atoms with E-state index in [1.165, 1.54) is 38.5 Å².